The number of amides is 1. The van der Waals surface area contributed by atoms with Gasteiger partial charge in [-0.3, -0.25) is 20.3 Å². The number of hydrogen-bond donors (Lipinski definition) is 2. The number of benzene rings is 1. The third-order valence-corrected chi connectivity index (χ3v) is 3.07. The lowest BCUT2D eigenvalue weighted by atomic mass is 10.3. The molecule has 0 unspecified atom stereocenters. The van der Waals surface area contributed by atoms with Crippen molar-refractivity contribution in [3.8, 4) is 0 Å². The van der Waals surface area contributed by atoms with Crippen LogP contribution in [0.3, 0.4) is 0 Å². The molecule has 1 aromatic heterocycles. The highest BCUT2D eigenvalue weighted by molar-refractivity contribution is 7.06. The van der Waals surface area contributed by atoms with Gasteiger partial charge in [0.15, 0.2) is 4.80 Å². The monoisotopic (exact) mass is 278 g/mol. The number of hydrogen-bond acceptors (Lipinski definition) is 5. The lowest BCUT2D eigenvalue weighted by Gasteiger charge is -2.05. The summed E-state index contributed by atoms with van der Waals surface area (Å²) < 4.78 is 1.51. The second kappa shape index (κ2) is 5.44. The van der Waals surface area contributed by atoms with Crippen molar-refractivity contribution in [2.75, 3.05) is 5.32 Å². The SMILES string of the molecule is N=c1sccn1CC(=O)Nc1ccc([N+](=O)[O-])cc1. The predicted octanol–water partition coefficient (Wildman–Crippen LogP) is 1.58. The number of rotatable bonds is 4. The molecule has 0 aliphatic heterocycles. The highest BCUT2D eigenvalue weighted by Crippen LogP contribution is 2.15. The maximum absolute atomic E-state index is 11.7. The Balaban J connectivity index is 2.01. The summed E-state index contributed by atoms with van der Waals surface area (Å²) in [6.45, 7) is 0.0410. The molecule has 0 fully saturated rings. The fourth-order valence-electron chi connectivity index (χ4n) is 1.45. The zero-order valence-electron chi connectivity index (χ0n) is 9.70. The molecule has 1 aromatic carbocycles. The molecule has 0 aliphatic rings. The third-order valence-electron chi connectivity index (χ3n) is 2.36. The molecule has 1 amide bonds. The fourth-order valence-corrected chi connectivity index (χ4v) is 2.05. The van der Waals surface area contributed by atoms with Gasteiger partial charge in [0.25, 0.3) is 5.69 Å². The molecular weight excluding hydrogens is 268 g/mol. The van der Waals surface area contributed by atoms with Crippen molar-refractivity contribution in [3.63, 3.8) is 0 Å². The zero-order chi connectivity index (χ0) is 13.8. The van der Waals surface area contributed by atoms with Crippen LogP contribution in [0.2, 0.25) is 0 Å². The Morgan fingerprint density at radius 3 is 2.63 bits per heavy atom. The molecule has 0 saturated heterocycles. The quantitative estimate of drug-likeness (QED) is 0.655. The molecule has 0 atom stereocenters. The number of non-ortho nitro benzene ring substituents is 1. The summed E-state index contributed by atoms with van der Waals surface area (Å²) in [7, 11) is 0. The van der Waals surface area contributed by atoms with E-state index in [1.807, 2.05) is 0 Å². The highest BCUT2D eigenvalue weighted by Gasteiger charge is 2.07. The van der Waals surface area contributed by atoms with E-state index in [9.17, 15) is 14.9 Å². The first kappa shape index (κ1) is 13.0. The maximum Gasteiger partial charge on any atom is 0.269 e. The van der Waals surface area contributed by atoms with Gasteiger partial charge >= 0.3 is 0 Å². The molecule has 8 heteroatoms. The van der Waals surface area contributed by atoms with Crippen molar-refractivity contribution in [2.45, 2.75) is 6.54 Å². The predicted molar refractivity (Wildman–Crippen MR) is 69.9 cm³/mol. The number of nitrogens with one attached hydrogen (secondary N) is 2. The molecule has 19 heavy (non-hydrogen) atoms. The molecular formula is C11H10N4O3S. The van der Waals surface area contributed by atoms with Crippen LogP contribution in [-0.4, -0.2) is 15.4 Å². The van der Waals surface area contributed by atoms with Crippen LogP contribution in [0.15, 0.2) is 35.8 Å². The van der Waals surface area contributed by atoms with Crippen molar-refractivity contribution in [1.82, 2.24) is 4.57 Å². The largest absolute Gasteiger partial charge is 0.325 e. The standard InChI is InChI=1S/C11H10N4O3S/c12-11-14(5-6-19-11)7-10(16)13-8-1-3-9(4-2-8)15(17)18/h1-6,12H,7H2,(H,13,16). The van der Waals surface area contributed by atoms with Crippen molar-refractivity contribution in [3.05, 3.63) is 50.8 Å². The zero-order valence-corrected chi connectivity index (χ0v) is 10.5. The summed E-state index contributed by atoms with van der Waals surface area (Å²) in [5, 5.41) is 22.3. The van der Waals surface area contributed by atoms with Gasteiger partial charge in [-0.15, -0.1) is 11.3 Å². The summed E-state index contributed by atoms with van der Waals surface area (Å²) in [5.41, 5.74) is 0.455. The summed E-state index contributed by atoms with van der Waals surface area (Å²) >= 11 is 1.23. The molecule has 2 rings (SSSR count). The number of carbonyl (C=O) groups is 1. The molecule has 1 heterocycles. The van der Waals surface area contributed by atoms with E-state index in [1.54, 1.807) is 11.6 Å². The van der Waals surface area contributed by atoms with Gasteiger partial charge in [-0.2, -0.15) is 0 Å². The molecule has 0 aliphatic carbocycles. The first-order valence-electron chi connectivity index (χ1n) is 5.29. The molecule has 98 valence electrons. The molecule has 0 bridgehead atoms. The van der Waals surface area contributed by atoms with E-state index < -0.39 is 4.92 Å². The van der Waals surface area contributed by atoms with Crippen molar-refractivity contribution >= 4 is 28.6 Å². The van der Waals surface area contributed by atoms with E-state index in [2.05, 4.69) is 5.32 Å². The van der Waals surface area contributed by atoms with Crippen molar-refractivity contribution in [2.24, 2.45) is 0 Å². The Morgan fingerprint density at radius 1 is 1.42 bits per heavy atom. The van der Waals surface area contributed by atoms with Gasteiger partial charge in [0.1, 0.15) is 6.54 Å². The van der Waals surface area contributed by atoms with Crippen LogP contribution in [0.25, 0.3) is 0 Å². The first-order valence-corrected chi connectivity index (χ1v) is 6.17. The summed E-state index contributed by atoms with van der Waals surface area (Å²) in [6.07, 6.45) is 1.66. The third kappa shape index (κ3) is 3.26. The summed E-state index contributed by atoms with van der Waals surface area (Å²) in [6, 6.07) is 5.58. The van der Waals surface area contributed by atoms with Gasteiger partial charge < -0.3 is 9.88 Å². The van der Waals surface area contributed by atoms with E-state index in [1.165, 1.54) is 40.2 Å². The molecule has 2 aromatic rings. The van der Waals surface area contributed by atoms with Gasteiger partial charge in [-0.25, -0.2) is 0 Å². The van der Waals surface area contributed by atoms with E-state index in [0.717, 1.165) is 0 Å². The van der Waals surface area contributed by atoms with E-state index in [4.69, 9.17) is 5.41 Å². The molecule has 0 saturated carbocycles. The fraction of sp³-hybridized carbons (Fsp3) is 0.0909. The van der Waals surface area contributed by atoms with E-state index in [0.29, 0.717) is 10.5 Å². The number of nitro groups is 1. The van der Waals surface area contributed by atoms with Crippen molar-refractivity contribution in [1.29, 1.82) is 5.41 Å². The minimum absolute atomic E-state index is 0.0290. The number of thiazole rings is 1. The number of carbonyl (C=O) groups excluding carboxylic acids is 1. The van der Waals surface area contributed by atoms with Crippen LogP contribution < -0.4 is 10.1 Å². The van der Waals surface area contributed by atoms with E-state index >= 15 is 0 Å². The Kier molecular flexibility index (Phi) is 3.71. The van der Waals surface area contributed by atoms with Gasteiger partial charge in [-0.1, -0.05) is 0 Å². The van der Waals surface area contributed by atoms with Crippen LogP contribution in [-0.2, 0) is 11.3 Å². The minimum atomic E-state index is -0.501. The molecule has 2 N–H and O–H groups in total. The minimum Gasteiger partial charge on any atom is -0.325 e. The second-order valence-corrected chi connectivity index (χ2v) is 4.58. The normalized spacial score (nSPS) is 10.1. The van der Waals surface area contributed by atoms with Crippen LogP contribution in [0.4, 0.5) is 11.4 Å². The van der Waals surface area contributed by atoms with E-state index in [-0.39, 0.29) is 18.1 Å². The first-order chi connectivity index (χ1) is 9.06. The van der Waals surface area contributed by atoms with Crippen molar-refractivity contribution < 1.29 is 9.72 Å². The number of nitrogens with zero attached hydrogens (tertiary/aromatic N) is 2. The molecule has 7 nitrogen and oxygen atoms in total. The maximum atomic E-state index is 11.7. The van der Waals surface area contributed by atoms with Gasteiger partial charge in [0.05, 0.1) is 4.92 Å². The topological polar surface area (TPSA) is 101 Å². The summed E-state index contributed by atoms with van der Waals surface area (Å²) in [4.78, 5) is 22.0. The Bertz CT molecular complexity index is 659. The molecule has 0 spiro atoms. The Morgan fingerprint density at radius 2 is 2.11 bits per heavy atom. The smallest absolute Gasteiger partial charge is 0.269 e. The Labute approximate surface area is 111 Å². The van der Waals surface area contributed by atoms with Gasteiger partial charge in [-0.05, 0) is 12.1 Å². The number of aromatic nitrogens is 1. The van der Waals surface area contributed by atoms with Crippen LogP contribution in [0.5, 0.6) is 0 Å². The van der Waals surface area contributed by atoms with Gasteiger partial charge in [0, 0.05) is 29.4 Å². The highest BCUT2D eigenvalue weighted by atomic mass is 32.1. The lowest BCUT2D eigenvalue weighted by Crippen LogP contribution is -2.23. The second-order valence-electron chi connectivity index (χ2n) is 3.69. The van der Waals surface area contributed by atoms with Gasteiger partial charge in [0.2, 0.25) is 5.91 Å². The van der Waals surface area contributed by atoms with Crippen LogP contribution >= 0.6 is 11.3 Å². The Hall–Kier alpha value is -2.48. The number of nitro benzene ring substituents is 1. The molecule has 0 radical (unpaired) electrons. The lowest BCUT2D eigenvalue weighted by molar-refractivity contribution is -0.384. The average molecular weight is 278 g/mol. The average Bonchev–Trinajstić information content (AvgIpc) is 2.75. The van der Waals surface area contributed by atoms with Crippen LogP contribution in [0.1, 0.15) is 0 Å². The summed E-state index contributed by atoms with van der Waals surface area (Å²) in [5.74, 6) is -0.286. The number of anilines is 1. The van der Waals surface area contributed by atoms with Crippen LogP contribution in [0, 0.1) is 15.5 Å².